The molecule has 0 saturated carbocycles. The van der Waals surface area contributed by atoms with Crippen molar-refractivity contribution in [2.45, 2.75) is 38.6 Å². The van der Waals surface area contributed by atoms with E-state index in [-0.39, 0.29) is 11.9 Å². The van der Waals surface area contributed by atoms with E-state index in [0.29, 0.717) is 18.3 Å². The average Bonchev–Trinajstić information content (AvgIpc) is 3.38. The fraction of sp³-hybridized carbons (Fsp3) is 0.421. The van der Waals surface area contributed by atoms with Crippen molar-refractivity contribution >= 4 is 23.3 Å². The van der Waals surface area contributed by atoms with Gasteiger partial charge in [-0.2, -0.15) is 10.1 Å². The van der Waals surface area contributed by atoms with Gasteiger partial charge in [0.1, 0.15) is 0 Å². The summed E-state index contributed by atoms with van der Waals surface area (Å²) < 4.78 is 7.13. The van der Waals surface area contributed by atoms with Crippen LogP contribution in [0, 0.1) is 6.92 Å². The van der Waals surface area contributed by atoms with E-state index in [1.807, 2.05) is 30.4 Å². The minimum atomic E-state index is -0.189. The van der Waals surface area contributed by atoms with Gasteiger partial charge in [0.2, 0.25) is 5.91 Å². The number of carbonyl (C=O) groups is 1. The normalized spacial score (nSPS) is 17.9. The molecule has 0 aliphatic carbocycles. The summed E-state index contributed by atoms with van der Waals surface area (Å²) in [6.45, 7) is 2.63. The van der Waals surface area contributed by atoms with E-state index in [1.54, 1.807) is 34.4 Å². The number of rotatable bonds is 4. The Morgan fingerprint density at radius 3 is 2.96 bits per heavy atom. The van der Waals surface area contributed by atoms with Crippen LogP contribution >= 0.6 is 11.3 Å². The lowest BCUT2D eigenvalue weighted by molar-refractivity contribution is -0.128. The van der Waals surface area contributed by atoms with Crippen molar-refractivity contribution in [2.75, 3.05) is 6.54 Å². The zero-order valence-electron chi connectivity index (χ0n) is 15.9. The summed E-state index contributed by atoms with van der Waals surface area (Å²) in [7, 11) is 1.84. The molecule has 3 aromatic heterocycles. The van der Waals surface area contributed by atoms with Crippen molar-refractivity contribution in [3.05, 3.63) is 40.4 Å². The van der Waals surface area contributed by atoms with Crippen LogP contribution in [0.5, 0.6) is 0 Å². The van der Waals surface area contributed by atoms with Crippen LogP contribution in [0.15, 0.2) is 28.4 Å². The SMILES string of the molecule is Cc1nc(/C=C/C(=O)N2CCCCCC2c2noc(-c3cnn(C)c3)n2)cs1. The fourth-order valence-corrected chi connectivity index (χ4v) is 3.95. The average molecular weight is 398 g/mol. The van der Waals surface area contributed by atoms with Gasteiger partial charge < -0.3 is 9.42 Å². The largest absolute Gasteiger partial charge is 0.334 e. The molecule has 1 fully saturated rings. The summed E-state index contributed by atoms with van der Waals surface area (Å²) in [5.41, 5.74) is 1.58. The predicted molar refractivity (Wildman–Crippen MR) is 105 cm³/mol. The molecule has 1 amide bonds. The number of likely N-dealkylation sites (tertiary alicyclic amines) is 1. The molecule has 3 aromatic rings. The Morgan fingerprint density at radius 1 is 1.32 bits per heavy atom. The molecule has 28 heavy (non-hydrogen) atoms. The van der Waals surface area contributed by atoms with Crippen molar-refractivity contribution in [3.63, 3.8) is 0 Å². The van der Waals surface area contributed by atoms with Gasteiger partial charge >= 0.3 is 0 Å². The van der Waals surface area contributed by atoms with Gasteiger partial charge in [0.15, 0.2) is 5.82 Å². The number of carbonyl (C=O) groups excluding carboxylic acids is 1. The third-order valence-electron chi connectivity index (χ3n) is 4.76. The Kier molecular flexibility index (Phi) is 5.34. The zero-order valence-corrected chi connectivity index (χ0v) is 16.7. The number of nitrogens with zero attached hydrogens (tertiary/aromatic N) is 6. The van der Waals surface area contributed by atoms with Crippen LogP contribution in [-0.2, 0) is 11.8 Å². The fourth-order valence-electron chi connectivity index (χ4n) is 3.37. The topological polar surface area (TPSA) is 89.9 Å². The number of hydrogen-bond donors (Lipinski definition) is 0. The summed E-state index contributed by atoms with van der Waals surface area (Å²) in [5.74, 6) is 0.922. The van der Waals surface area contributed by atoms with Crippen LogP contribution in [-0.4, -0.2) is 42.3 Å². The first-order valence-corrected chi connectivity index (χ1v) is 10.2. The number of thiazole rings is 1. The summed E-state index contributed by atoms with van der Waals surface area (Å²) in [4.78, 5) is 23.7. The van der Waals surface area contributed by atoms with Gasteiger partial charge in [-0.3, -0.25) is 9.48 Å². The third-order valence-corrected chi connectivity index (χ3v) is 5.55. The van der Waals surface area contributed by atoms with Gasteiger partial charge in [-0.25, -0.2) is 4.98 Å². The molecule has 1 unspecified atom stereocenters. The molecule has 146 valence electrons. The van der Waals surface area contributed by atoms with E-state index in [9.17, 15) is 4.79 Å². The molecule has 1 saturated heterocycles. The molecule has 0 aromatic carbocycles. The second-order valence-corrected chi connectivity index (χ2v) is 7.94. The number of amides is 1. The maximum atomic E-state index is 12.9. The van der Waals surface area contributed by atoms with Crippen molar-refractivity contribution in [2.24, 2.45) is 7.05 Å². The predicted octanol–water partition coefficient (Wildman–Crippen LogP) is 3.39. The highest BCUT2D eigenvalue weighted by Gasteiger charge is 2.29. The highest BCUT2D eigenvalue weighted by Crippen LogP contribution is 2.30. The molecule has 0 N–H and O–H groups in total. The van der Waals surface area contributed by atoms with Gasteiger partial charge in [0.05, 0.1) is 28.5 Å². The minimum absolute atomic E-state index is 0.0507. The van der Waals surface area contributed by atoms with Crippen LogP contribution in [0.25, 0.3) is 17.5 Å². The van der Waals surface area contributed by atoms with Crippen LogP contribution < -0.4 is 0 Å². The Hall–Kier alpha value is -2.81. The third kappa shape index (κ3) is 4.04. The van der Waals surface area contributed by atoms with E-state index >= 15 is 0 Å². The molecule has 8 nitrogen and oxygen atoms in total. The lowest BCUT2D eigenvalue weighted by Gasteiger charge is -2.26. The van der Waals surface area contributed by atoms with E-state index in [0.717, 1.165) is 41.9 Å². The van der Waals surface area contributed by atoms with Crippen LogP contribution in [0.2, 0.25) is 0 Å². The van der Waals surface area contributed by atoms with Gasteiger partial charge in [0, 0.05) is 31.2 Å². The van der Waals surface area contributed by atoms with Crippen LogP contribution in [0.4, 0.5) is 0 Å². The van der Waals surface area contributed by atoms with Gasteiger partial charge in [-0.1, -0.05) is 18.0 Å². The van der Waals surface area contributed by atoms with E-state index in [1.165, 1.54) is 0 Å². The standard InChI is InChI=1S/C19H22N6O2S/c1-13-21-15(12-28-13)7-8-17(26)25-9-5-3-4-6-16(25)18-22-19(27-23-18)14-10-20-24(2)11-14/h7-8,10-12,16H,3-6,9H2,1-2H3/b8-7+. The van der Waals surface area contributed by atoms with Crippen LogP contribution in [0.3, 0.4) is 0 Å². The first kappa shape index (κ1) is 18.5. The van der Waals surface area contributed by atoms with Crippen LogP contribution in [0.1, 0.15) is 48.3 Å². The van der Waals surface area contributed by atoms with Crippen molar-refractivity contribution in [1.29, 1.82) is 0 Å². The zero-order chi connectivity index (χ0) is 19.5. The molecule has 0 spiro atoms. The number of aryl methyl sites for hydroxylation is 2. The van der Waals surface area contributed by atoms with E-state index in [4.69, 9.17) is 4.52 Å². The molecular formula is C19H22N6O2S. The summed E-state index contributed by atoms with van der Waals surface area (Å²) in [6.07, 6.45) is 10.8. The molecular weight excluding hydrogens is 376 g/mol. The van der Waals surface area contributed by atoms with E-state index < -0.39 is 0 Å². The lowest BCUT2D eigenvalue weighted by atomic mass is 10.1. The summed E-state index contributed by atoms with van der Waals surface area (Å²) in [5, 5.41) is 11.2. The van der Waals surface area contributed by atoms with Crippen molar-refractivity contribution < 1.29 is 9.32 Å². The quantitative estimate of drug-likeness (QED) is 0.626. The first-order valence-electron chi connectivity index (χ1n) is 9.33. The molecule has 1 aliphatic rings. The van der Waals surface area contributed by atoms with Gasteiger partial charge in [-0.15, -0.1) is 11.3 Å². The second kappa shape index (κ2) is 8.05. The molecule has 0 radical (unpaired) electrons. The van der Waals surface area contributed by atoms with Crippen molar-refractivity contribution in [1.82, 2.24) is 29.8 Å². The monoisotopic (exact) mass is 398 g/mol. The minimum Gasteiger partial charge on any atom is -0.334 e. The maximum Gasteiger partial charge on any atom is 0.261 e. The molecule has 1 aliphatic heterocycles. The number of aromatic nitrogens is 5. The molecule has 4 heterocycles. The Balaban J connectivity index is 1.56. The van der Waals surface area contributed by atoms with Crippen molar-refractivity contribution in [3.8, 4) is 11.5 Å². The molecule has 0 bridgehead atoms. The van der Waals surface area contributed by atoms with Gasteiger partial charge in [0.25, 0.3) is 5.89 Å². The summed E-state index contributed by atoms with van der Waals surface area (Å²) >= 11 is 1.57. The Labute approximate surface area is 166 Å². The molecule has 4 rings (SSSR count). The molecule has 1 atom stereocenters. The number of hydrogen-bond acceptors (Lipinski definition) is 7. The van der Waals surface area contributed by atoms with E-state index in [2.05, 4.69) is 20.2 Å². The summed E-state index contributed by atoms with van der Waals surface area (Å²) in [6, 6.07) is -0.189. The Morgan fingerprint density at radius 2 is 2.21 bits per heavy atom. The second-order valence-electron chi connectivity index (χ2n) is 6.88. The maximum absolute atomic E-state index is 12.9. The first-order chi connectivity index (χ1) is 13.6. The van der Waals surface area contributed by atoms with Gasteiger partial charge in [-0.05, 0) is 25.8 Å². The smallest absolute Gasteiger partial charge is 0.261 e. The lowest BCUT2D eigenvalue weighted by Crippen LogP contribution is -2.34. The highest BCUT2D eigenvalue weighted by atomic mass is 32.1. The highest BCUT2D eigenvalue weighted by molar-refractivity contribution is 7.09. The Bertz CT molecular complexity index is 988. The molecule has 9 heteroatoms.